The van der Waals surface area contributed by atoms with Gasteiger partial charge >= 0.3 is 6.03 Å². The van der Waals surface area contributed by atoms with Crippen LogP contribution < -0.4 is 10.6 Å². The maximum absolute atomic E-state index is 12.8. The number of aromatic nitrogens is 3. The van der Waals surface area contributed by atoms with Crippen molar-refractivity contribution < 1.29 is 4.79 Å². The minimum absolute atomic E-state index is 0.302. The molecule has 0 fully saturated rings. The maximum atomic E-state index is 12.8. The number of nitrogens with zero attached hydrogens (tertiary/aromatic N) is 3. The van der Waals surface area contributed by atoms with Gasteiger partial charge in [-0.1, -0.05) is 48.5 Å². The Morgan fingerprint density at radius 2 is 1.46 bits per heavy atom. The van der Waals surface area contributed by atoms with E-state index in [9.17, 15) is 4.79 Å². The number of nitrogens with one attached hydrogen (secondary N) is 2. The normalized spacial score (nSPS) is 11.6. The molecule has 2 heterocycles. The van der Waals surface area contributed by atoms with Gasteiger partial charge in [0.1, 0.15) is 0 Å². The maximum Gasteiger partial charge on any atom is 0.322 e. The molecule has 0 bridgehead atoms. The first kappa shape index (κ1) is 17.5. The third kappa shape index (κ3) is 3.91. The first-order chi connectivity index (χ1) is 13.8. The second kappa shape index (κ2) is 8.18. The van der Waals surface area contributed by atoms with Crippen LogP contribution in [0, 0.1) is 0 Å². The zero-order valence-corrected chi connectivity index (χ0v) is 15.1. The van der Waals surface area contributed by atoms with Crippen molar-refractivity contribution in [2.24, 2.45) is 0 Å². The summed E-state index contributed by atoms with van der Waals surface area (Å²) in [5, 5.41) is 5.88. The lowest BCUT2D eigenvalue weighted by Gasteiger charge is -2.20. The Hall–Kier alpha value is -3.93. The van der Waals surface area contributed by atoms with Crippen LogP contribution in [0.25, 0.3) is 5.69 Å². The Balaban J connectivity index is 1.56. The second-order valence-electron chi connectivity index (χ2n) is 6.18. The number of imidazole rings is 1. The van der Waals surface area contributed by atoms with E-state index in [4.69, 9.17) is 0 Å². The van der Waals surface area contributed by atoms with Crippen LogP contribution in [0.5, 0.6) is 0 Å². The first-order valence-electron chi connectivity index (χ1n) is 8.92. The molecule has 6 heteroatoms. The Morgan fingerprint density at radius 3 is 2.18 bits per heavy atom. The fourth-order valence-electron chi connectivity index (χ4n) is 3.02. The lowest BCUT2D eigenvalue weighted by Crippen LogP contribution is -2.34. The van der Waals surface area contributed by atoms with E-state index in [1.807, 2.05) is 83.6 Å². The van der Waals surface area contributed by atoms with Crippen LogP contribution in [0.3, 0.4) is 0 Å². The average Bonchev–Trinajstić information content (AvgIpc) is 3.22. The molecule has 4 aromatic rings. The van der Waals surface area contributed by atoms with Crippen molar-refractivity contribution in [3.8, 4) is 5.69 Å². The van der Waals surface area contributed by atoms with Crippen LogP contribution in [-0.4, -0.2) is 20.6 Å². The summed E-state index contributed by atoms with van der Waals surface area (Å²) in [6, 6.07) is 22.7. The average molecular weight is 369 g/mol. The van der Waals surface area contributed by atoms with Gasteiger partial charge in [-0.3, -0.25) is 14.9 Å². The molecule has 4 rings (SSSR count). The van der Waals surface area contributed by atoms with E-state index in [0.717, 1.165) is 16.8 Å². The van der Waals surface area contributed by atoms with E-state index in [2.05, 4.69) is 20.6 Å². The molecule has 0 saturated heterocycles. The van der Waals surface area contributed by atoms with Gasteiger partial charge in [0.15, 0.2) is 0 Å². The van der Waals surface area contributed by atoms with Gasteiger partial charge in [-0.15, -0.1) is 0 Å². The molecule has 1 unspecified atom stereocenters. The molecular weight excluding hydrogens is 350 g/mol. The minimum atomic E-state index is -0.339. The zero-order valence-electron chi connectivity index (χ0n) is 15.1. The van der Waals surface area contributed by atoms with Gasteiger partial charge in [-0.05, 0) is 35.4 Å². The molecule has 0 aliphatic carbocycles. The summed E-state index contributed by atoms with van der Waals surface area (Å²) in [6.45, 7) is 0. The number of rotatable bonds is 5. The van der Waals surface area contributed by atoms with E-state index < -0.39 is 0 Å². The van der Waals surface area contributed by atoms with Crippen LogP contribution in [0.2, 0.25) is 0 Å². The molecule has 0 aliphatic heterocycles. The molecule has 2 aromatic carbocycles. The fourth-order valence-corrected chi connectivity index (χ4v) is 3.02. The number of para-hydroxylation sites is 1. The monoisotopic (exact) mass is 369 g/mol. The molecule has 2 amide bonds. The van der Waals surface area contributed by atoms with Crippen LogP contribution in [-0.2, 0) is 0 Å². The molecule has 138 valence electrons. The summed E-state index contributed by atoms with van der Waals surface area (Å²) in [5.74, 6) is 0.449. The van der Waals surface area contributed by atoms with Crippen molar-refractivity contribution in [2.45, 2.75) is 6.04 Å². The molecule has 0 spiro atoms. The number of carbonyl (C=O) groups excluding carboxylic acids is 1. The Kier molecular flexibility index (Phi) is 5.11. The molecule has 1 atom stereocenters. The van der Waals surface area contributed by atoms with Gasteiger partial charge < -0.3 is 5.32 Å². The summed E-state index contributed by atoms with van der Waals surface area (Å²) in [4.78, 5) is 21.1. The third-order valence-corrected chi connectivity index (χ3v) is 4.35. The standard InChI is InChI=1S/C22H19N5O/c28-22(26-21-24-15-16-27(21)19-9-5-2-6-10-19)25-20(17-7-3-1-4-8-17)18-11-13-23-14-12-18/h1-16,20H,(H2,24,25,26,28). The molecule has 2 aromatic heterocycles. The number of urea groups is 1. The lowest BCUT2D eigenvalue weighted by atomic mass is 10.00. The van der Waals surface area contributed by atoms with Crippen LogP contribution in [0.1, 0.15) is 17.2 Å². The highest BCUT2D eigenvalue weighted by molar-refractivity contribution is 5.88. The SMILES string of the molecule is O=C(Nc1nccn1-c1ccccc1)NC(c1ccccc1)c1ccncc1. The van der Waals surface area contributed by atoms with Gasteiger partial charge in [0, 0.05) is 30.5 Å². The summed E-state index contributed by atoms with van der Waals surface area (Å²) >= 11 is 0. The van der Waals surface area contributed by atoms with Crippen LogP contribution in [0.4, 0.5) is 10.7 Å². The van der Waals surface area contributed by atoms with Gasteiger partial charge in [0.25, 0.3) is 0 Å². The summed E-state index contributed by atoms with van der Waals surface area (Å²) < 4.78 is 1.82. The van der Waals surface area contributed by atoms with Crippen LogP contribution in [0.15, 0.2) is 97.6 Å². The Bertz CT molecular complexity index is 993. The van der Waals surface area contributed by atoms with Crippen molar-refractivity contribution in [3.63, 3.8) is 0 Å². The summed E-state index contributed by atoms with van der Waals surface area (Å²) in [5.41, 5.74) is 2.85. The molecular formula is C22H19N5O. The number of hydrogen-bond donors (Lipinski definition) is 2. The zero-order chi connectivity index (χ0) is 19.2. The van der Waals surface area contributed by atoms with Crippen molar-refractivity contribution >= 4 is 12.0 Å². The first-order valence-corrected chi connectivity index (χ1v) is 8.92. The smallest absolute Gasteiger partial charge is 0.322 e. The van der Waals surface area contributed by atoms with Gasteiger partial charge in [0.2, 0.25) is 5.95 Å². The molecule has 2 N–H and O–H groups in total. The predicted molar refractivity (Wildman–Crippen MR) is 108 cm³/mol. The molecule has 0 radical (unpaired) electrons. The highest BCUT2D eigenvalue weighted by Gasteiger charge is 2.18. The van der Waals surface area contributed by atoms with Crippen molar-refractivity contribution in [1.29, 1.82) is 0 Å². The molecule has 6 nitrogen and oxygen atoms in total. The van der Waals surface area contributed by atoms with E-state index in [-0.39, 0.29) is 12.1 Å². The Labute approximate surface area is 162 Å². The van der Waals surface area contributed by atoms with Crippen LogP contribution >= 0.6 is 0 Å². The topological polar surface area (TPSA) is 71.8 Å². The van der Waals surface area contributed by atoms with Gasteiger partial charge in [-0.2, -0.15) is 0 Å². The van der Waals surface area contributed by atoms with E-state index in [1.165, 1.54) is 0 Å². The Morgan fingerprint density at radius 1 is 0.821 bits per heavy atom. The number of pyridine rings is 1. The van der Waals surface area contributed by atoms with E-state index in [0.29, 0.717) is 5.95 Å². The highest BCUT2D eigenvalue weighted by atomic mass is 16.2. The quantitative estimate of drug-likeness (QED) is 0.554. The number of hydrogen-bond acceptors (Lipinski definition) is 3. The fraction of sp³-hybridized carbons (Fsp3) is 0.0455. The number of anilines is 1. The largest absolute Gasteiger partial charge is 0.327 e. The number of amides is 2. The third-order valence-electron chi connectivity index (χ3n) is 4.35. The number of carbonyl (C=O) groups is 1. The summed E-state index contributed by atoms with van der Waals surface area (Å²) in [7, 11) is 0. The lowest BCUT2D eigenvalue weighted by molar-refractivity contribution is 0.250. The van der Waals surface area contributed by atoms with Gasteiger partial charge in [-0.25, -0.2) is 9.78 Å². The second-order valence-corrected chi connectivity index (χ2v) is 6.18. The molecule has 0 aliphatic rings. The van der Waals surface area contributed by atoms with Crippen molar-refractivity contribution in [1.82, 2.24) is 19.9 Å². The molecule has 28 heavy (non-hydrogen) atoms. The van der Waals surface area contributed by atoms with E-state index in [1.54, 1.807) is 18.6 Å². The van der Waals surface area contributed by atoms with Gasteiger partial charge in [0.05, 0.1) is 6.04 Å². The summed E-state index contributed by atoms with van der Waals surface area (Å²) in [6.07, 6.45) is 6.89. The highest BCUT2D eigenvalue weighted by Crippen LogP contribution is 2.22. The molecule has 0 saturated carbocycles. The minimum Gasteiger partial charge on any atom is -0.327 e. The number of benzene rings is 2. The predicted octanol–water partition coefficient (Wildman–Crippen LogP) is 4.18. The van der Waals surface area contributed by atoms with Crippen molar-refractivity contribution in [3.05, 3.63) is 109 Å². The van der Waals surface area contributed by atoms with Crippen molar-refractivity contribution in [2.75, 3.05) is 5.32 Å². The van der Waals surface area contributed by atoms with E-state index >= 15 is 0 Å².